The minimum atomic E-state index is 0.473. The smallest absolute Gasteiger partial charge is 0.234 e. The van der Waals surface area contributed by atoms with E-state index in [2.05, 4.69) is 20.3 Å². The molecule has 0 saturated heterocycles. The standard InChI is InChI=1S/C16H12ClN5OS/c1-23-12-5-3-11(4-6-12)15-21-22-14(19-20-16(22)24-15)8-10-2-7-13(17)18-9-10/h2-7,9H,8H2,1H3. The first-order valence-corrected chi connectivity index (χ1v) is 8.38. The van der Waals surface area contributed by atoms with Crippen LogP contribution >= 0.6 is 22.9 Å². The second-order valence-electron chi connectivity index (χ2n) is 5.11. The molecular formula is C16H12ClN5OS. The van der Waals surface area contributed by atoms with Gasteiger partial charge in [0, 0.05) is 18.2 Å². The predicted molar refractivity (Wildman–Crippen MR) is 92.7 cm³/mol. The van der Waals surface area contributed by atoms with Crippen molar-refractivity contribution in [3.05, 3.63) is 59.1 Å². The third-order valence-electron chi connectivity index (χ3n) is 3.54. The molecule has 4 rings (SSSR count). The van der Waals surface area contributed by atoms with E-state index in [9.17, 15) is 0 Å². The van der Waals surface area contributed by atoms with Crippen molar-refractivity contribution in [1.29, 1.82) is 0 Å². The van der Waals surface area contributed by atoms with Gasteiger partial charge in [0.25, 0.3) is 0 Å². The van der Waals surface area contributed by atoms with E-state index in [0.29, 0.717) is 11.6 Å². The summed E-state index contributed by atoms with van der Waals surface area (Å²) in [5.74, 6) is 1.59. The Bertz CT molecular complexity index is 978. The Kier molecular flexibility index (Phi) is 3.87. The fourth-order valence-corrected chi connectivity index (χ4v) is 3.29. The quantitative estimate of drug-likeness (QED) is 0.523. The number of halogens is 1. The van der Waals surface area contributed by atoms with Crippen LogP contribution in [0.4, 0.5) is 0 Å². The number of benzene rings is 1. The Morgan fingerprint density at radius 1 is 1.12 bits per heavy atom. The van der Waals surface area contributed by atoms with Crippen LogP contribution in [-0.2, 0) is 6.42 Å². The monoisotopic (exact) mass is 357 g/mol. The predicted octanol–water partition coefficient (Wildman–Crippen LogP) is 3.50. The van der Waals surface area contributed by atoms with Gasteiger partial charge in [0.2, 0.25) is 4.96 Å². The zero-order chi connectivity index (χ0) is 16.5. The molecule has 0 aliphatic rings. The molecule has 120 valence electrons. The Hall–Kier alpha value is -2.51. The van der Waals surface area contributed by atoms with Gasteiger partial charge < -0.3 is 4.74 Å². The summed E-state index contributed by atoms with van der Waals surface area (Å²) in [6.07, 6.45) is 2.33. The minimum absolute atomic E-state index is 0.473. The molecule has 0 amide bonds. The number of hydrogen-bond donors (Lipinski definition) is 0. The zero-order valence-corrected chi connectivity index (χ0v) is 14.3. The maximum atomic E-state index is 5.82. The van der Waals surface area contributed by atoms with E-state index in [4.69, 9.17) is 16.3 Å². The SMILES string of the molecule is COc1ccc(-c2nn3c(Cc4ccc(Cl)nc4)nnc3s2)cc1. The average Bonchev–Trinajstić information content (AvgIpc) is 3.19. The molecule has 3 heterocycles. The lowest BCUT2D eigenvalue weighted by molar-refractivity contribution is 0.415. The first-order valence-electron chi connectivity index (χ1n) is 7.19. The van der Waals surface area contributed by atoms with E-state index < -0.39 is 0 Å². The van der Waals surface area contributed by atoms with Crippen LogP contribution in [0.2, 0.25) is 5.15 Å². The summed E-state index contributed by atoms with van der Waals surface area (Å²) in [7, 11) is 1.65. The van der Waals surface area contributed by atoms with Gasteiger partial charge in [-0.15, -0.1) is 10.2 Å². The van der Waals surface area contributed by atoms with Crippen molar-refractivity contribution >= 4 is 27.9 Å². The molecule has 0 fully saturated rings. The van der Waals surface area contributed by atoms with Crippen LogP contribution in [0.5, 0.6) is 5.75 Å². The van der Waals surface area contributed by atoms with E-state index >= 15 is 0 Å². The summed E-state index contributed by atoms with van der Waals surface area (Å²) in [4.78, 5) is 4.85. The number of aromatic nitrogens is 5. The van der Waals surface area contributed by atoms with Gasteiger partial charge in [-0.05, 0) is 35.9 Å². The molecular weight excluding hydrogens is 346 g/mol. The topological polar surface area (TPSA) is 65.2 Å². The highest BCUT2D eigenvalue weighted by atomic mass is 35.5. The van der Waals surface area contributed by atoms with Gasteiger partial charge in [-0.3, -0.25) is 0 Å². The van der Waals surface area contributed by atoms with Gasteiger partial charge in [0.05, 0.1) is 7.11 Å². The Morgan fingerprint density at radius 2 is 1.96 bits per heavy atom. The van der Waals surface area contributed by atoms with Gasteiger partial charge >= 0.3 is 0 Å². The third-order valence-corrected chi connectivity index (χ3v) is 4.71. The summed E-state index contributed by atoms with van der Waals surface area (Å²) in [5.41, 5.74) is 2.03. The molecule has 0 spiro atoms. The molecule has 6 nitrogen and oxygen atoms in total. The fraction of sp³-hybridized carbons (Fsp3) is 0.125. The molecule has 8 heteroatoms. The van der Waals surface area contributed by atoms with Crippen LogP contribution in [0, 0.1) is 0 Å². The largest absolute Gasteiger partial charge is 0.497 e. The van der Waals surface area contributed by atoms with E-state index in [1.54, 1.807) is 23.9 Å². The van der Waals surface area contributed by atoms with Gasteiger partial charge in [0.1, 0.15) is 15.9 Å². The molecule has 1 aromatic carbocycles. The Balaban J connectivity index is 1.66. The fourth-order valence-electron chi connectivity index (χ4n) is 2.31. The normalized spacial score (nSPS) is 11.1. The van der Waals surface area contributed by atoms with Gasteiger partial charge in [0.15, 0.2) is 5.82 Å². The Morgan fingerprint density at radius 3 is 2.67 bits per heavy atom. The van der Waals surface area contributed by atoms with Crippen molar-refractivity contribution in [3.8, 4) is 16.3 Å². The number of nitrogens with zero attached hydrogens (tertiary/aromatic N) is 5. The van der Waals surface area contributed by atoms with Crippen LogP contribution in [0.15, 0.2) is 42.6 Å². The lowest BCUT2D eigenvalue weighted by Gasteiger charge is -2.00. The van der Waals surface area contributed by atoms with Crippen LogP contribution in [0.1, 0.15) is 11.4 Å². The van der Waals surface area contributed by atoms with Gasteiger partial charge in [-0.2, -0.15) is 9.61 Å². The maximum Gasteiger partial charge on any atom is 0.234 e. The molecule has 0 bridgehead atoms. The summed E-state index contributed by atoms with van der Waals surface area (Å²) in [5, 5.41) is 14.4. The highest BCUT2D eigenvalue weighted by Gasteiger charge is 2.13. The van der Waals surface area contributed by atoms with Crippen molar-refractivity contribution in [3.63, 3.8) is 0 Å². The van der Waals surface area contributed by atoms with Crippen molar-refractivity contribution in [1.82, 2.24) is 24.8 Å². The van der Waals surface area contributed by atoms with Gasteiger partial charge in [-0.1, -0.05) is 29.0 Å². The molecule has 3 aromatic heterocycles. The molecule has 0 saturated carbocycles. The summed E-state index contributed by atoms with van der Waals surface area (Å²) >= 11 is 7.32. The van der Waals surface area contributed by atoms with E-state index in [-0.39, 0.29) is 0 Å². The molecule has 0 N–H and O–H groups in total. The van der Waals surface area contributed by atoms with Gasteiger partial charge in [-0.25, -0.2) is 4.98 Å². The zero-order valence-electron chi connectivity index (χ0n) is 12.7. The summed E-state index contributed by atoms with van der Waals surface area (Å²) < 4.78 is 6.96. The molecule has 0 aliphatic carbocycles. The summed E-state index contributed by atoms with van der Waals surface area (Å²) in [6, 6.07) is 11.5. The van der Waals surface area contributed by atoms with Crippen LogP contribution in [0.25, 0.3) is 15.5 Å². The number of fused-ring (bicyclic) bond motifs is 1. The molecule has 0 radical (unpaired) electrons. The lowest BCUT2D eigenvalue weighted by Crippen LogP contribution is -1.98. The highest BCUT2D eigenvalue weighted by molar-refractivity contribution is 7.19. The lowest BCUT2D eigenvalue weighted by atomic mass is 10.2. The summed E-state index contributed by atoms with van der Waals surface area (Å²) in [6.45, 7) is 0. The Labute approximate surface area is 146 Å². The van der Waals surface area contributed by atoms with Crippen molar-refractivity contribution < 1.29 is 4.74 Å². The van der Waals surface area contributed by atoms with E-state index in [1.807, 2.05) is 30.3 Å². The average molecular weight is 358 g/mol. The third kappa shape index (κ3) is 2.83. The minimum Gasteiger partial charge on any atom is -0.497 e. The van der Waals surface area contributed by atoms with E-state index in [1.165, 1.54) is 11.3 Å². The molecule has 24 heavy (non-hydrogen) atoms. The first-order chi connectivity index (χ1) is 11.7. The second-order valence-corrected chi connectivity index (χ2v) is 6.46. The number of pyridine rings is 1. The van der Waals surface area contributed by atoms with Crippen LogP contribution in [0.3, 0.4) is 0 Å². The molecule has 0 aliphatic heterocycles. The van der Waals surface area contributed by atoms with Crippen LogP contribution < -0.4 is 4.74 Å². The van der Waals surface area contributed by atoms with Crippen molar-refractivity contribution in [2.45, 2.75) is 6.42 Å². The first kappa shape index (κ1) is 15.0. The number of rotatable bonds is 4. The van der Waals surface area contributed by atoms with E-state index in [0.717, 1.165) is 32.7 Å². The second kappa shape index (κ2) is 6.18. The number of methoxy groups -OCH3 is 1. The number of hydrogen-bond acceptors (Lipinski definition) is 6. The van der Waals surface area contributed by atoms with Crippen molar-refractivity contribution in [2.24, 2.45) is 0 Å². The maximum absolute atomic E-state index is 5.82. The number of ether oxygens (including phenoxy) is 1. The molecule has 4 aromatic rings. The molecule has 0 unspecified atom stereocenters. The highest BCUT2D eigenvalue weighted by Crippen LogP contribution is 2.27. The van der Waals surface area contributed by atoms with Crippen molar-refractivity contribution in [2.75, 3.05) is 7.11 Å². The molecule has 0 atom stereocenters. The van der Waals surface area contributed by atoms with Crippen LogP contribution in [-0.4, -0.2) is 31.9 Å².